The van der Waals surface area contributed by atoms with Gasteiger partial charge in [0.2, 0.25) is 5.91 Å². The number of hydrogen-bond donors (Lipinski definition) is 0. The molecule has 0 unspecified atom stereocenters. The number of alkyl halides is 3. The van der Waals surface area contributed by atoms with Crippen molar-refractivity contribution in [3.05, 3.63) is 53.2 Å². The van der Waals surface area contributed by atoms with E-state index in [4.69, 9.17) is 11.6 Å². The van der Waals surface area contributed by atoms with Crippen LogP contribution in [0, 0.1) is 0 Å². The van der Waals surface area contributed by atoms with Crippen LogP contribution in [0.4, 0.5) is 24.7 Å². The Morgan fingerprint density at radius 2 is 1.80 bits per heavy atom. The smallest absolute Gasteiger partial charge is 0.353 e. The Kier molecular flexibility index (Phi) is 6.88. The van der Waals surface area contributed by atoms with E-state index in [2.05, 4.69) is 4.98 Å². The number of anilines is 2. The van der Waals surface area contributed by atoms with Crippen molar-refractivity contribution in [3.63, 3.8) is 0 Å². The average molecular weight is 441 g/mol. The lowest BCUT2D eigenvalue weighted by Crippen LogP contribution is -2.51. The molecule has 30 heavy (non-hydrogen) atoms. The molecular formula is C21H24ClF3N4O. The standard InChI is InChI=1S/C21H24ClF3N4O/c1-15(2)29(17-6-4-3-5-7-17)19(30)14-27-8-10-28(11-9-27)20-18(22)12-16(13-26-20)21(23,24)25/h3-7,12-13,15H,8-11,14H2,1-2H3. The van der Waals surface area contributed by atoms with Crippen molar-refractivity contribution in [2.75, 3.05) is 42.5 Å². The van der Waals surface area contributed by atoms with Gasteiger partial charge in [-0.3, -0.25) is 9.69 Å². The predicted octanol–water partition coefficient (Wildman–Crippen LogP) is 4.32. The first-order chi connectivity index (χ1) is 14.2. The first-order valence-electron chi connectivity index (χ1n) is 9.74. The van der Waals surface area contributed by atoms with Crippen LogP contribution >= 0.6 is 11.6 Å². The highest BCUT2D eigenvalue weighted by molar-refractivity contribution is 6.33. The van der Waals surface area contributed by atoms with E-state index in [1.54, 1.807) is 4.90 Å². The third-order valence-corrected chi connectivity index (χ3v) is 5.28. The van der Waals surface area contributed by atoms with Crippen LogP contribution in [0.2, 0.25) is 5.02 Å². The first kappa shape index (κ1) is 22.4. The zero-order valence-electron chi connectivity index (χ0n) is 16.9. The second kappa shape index (κ2) is 9.22. The highest BCUT2D eigenvalue weighted by Crippen LogP contribution is 2.33. The van der Waals surface area contributed by atoms with Crippen LogP contribution in [0.15, 0.2) is 42.6 Å². The SMILES string of the molecule is CC(C)N(C(=O)CN1CCN(c2ncc(C(F)(F)F)cc2Cl)CC1)c1ccccc1. The third-order valence-electron chi connectivity index (χ3n) is 5.00. The van der Waals surface area contributed by atoms with Crippen LogP contribution in [0.5, 0.6) is 0 Å². The number of benzene rings is 1. The van der Waals surface area contributed by atoms with Gasteiger partial charge < -0.3 is 9.80 Å². The summed E-state index contributed by atoms with van der Waals surface area (Å²) < 4.78 is 38.4. The molecule has 0 aliphatic carbocycles. The van der Waals surface area contributed by atoms with Gasteiger partial charge in [0.05, 0.1) is 17.1 Å². The van der Waals surface area contributed by atoms with Crippen LogP contribution in [-0.4, -0.2) is 54.6 Å². The fourth-order valence-electron chi connectivity index (χ4n) is 3.52. The van der Waals surface area contributed by atoms with Crippen molar-refractivity contribution in [1.82, 2.24) is 9.88 Å². The molecule has 1 aliphatic rings. The van der Waals surface area contributed by atoms with Crippen LogP contribution in [-0.2, 0) is 11.0 Å². The van der Waals surface area contributed by atoms with Crippen molar-refractivity contribution < 1.29 is 18.0 Å². The van der Waals surface area contributed by atoms with Gasteiger partial charge in [-0.05, 0) is 32.0 Å². The Morgan fingerprint density at radius 3 is 2.33 bits per heavy atom. The van der Waals surface area contributed by atoms with E-state index in [1.165, 1.54) is 0 Å². The summed E-state index contributed by atoms with van der Waals surface area (Å²) >= 11 is 6.06. The number of aromatic nitrogens is 1. The lowest BCUT2D eigenvalue weighted by atomic mass is 10.2. The van der Waals surface area contributed by atoms with E-state index < -0.39 is 11.7 Å². The number of pyridine rings is 1. The zero-order valence-corrected chi connectivity index (χ0v) is 17.6. The normalized spacial score (nSPS) is 15.5. The number of halogens is 4. The average Bonchev–Trinajstić information content (AvgIpc) is 2.68. The van der Waals surface area contributed by atoms with E-state index in [0.29, 0.717) is 32.0 Å². The van der Waals surface area contributed by atoms with E-state index in [0.717, 1.165) is 18.0 Å². The number of carbonyl (C=O) groups is 1. The number of hydrogen-bond acceptors (Lipinski definition) is 4. The largest absolute Gasteiger partial charge is 0.417 e. The summed E-state index contributed by atoms with van der Waals surface area (Å²) in [5.74, 6) is 0.346. The van der Waals surface area contributed by atoms with Gasteiger partial charge in [0.1, 0.15) is 5.82 Å². The molecule has 3 rings (SSSR count). The number of nitrogens with zero attached hydrogens (tertiary/aromatic N) is 4. The van der Waals surface area contributed by atoms with Crippen molar-refractivity contribution in [2.24, 2.45) is 0 Å². The summed E-state index contributed by atoms with van der Waals surface area (Å²) in [6, 6.07) is 10.5. The van der Waals surface area contributed by atoms with Crippen LogP contribution in [0.3, 0.4) is 0 Å². The highest BCUT2D eigenvalue weighted by Gasteiger charge is 2.32. The highest BCUT2D eigenvalue weighted by atomic mass is 35.5. The third kappa shape index (κ3) is 5.23. The number of carbonyl (C=O) groups excluding carboxylic acids is 1. The molecular weight excluding hydrogens is 417 g/mol. The van der Waals surface area contributed by atoms with Crippen molar-refractivity contribution in [3.8, 4) is 0 Å². The second-order valence-corrected chi connectivity index (χ2v) is 7.89. The van der Waals surface area contributed by atoms with Gasteiger partial charge in [0, 0.05) is 44.1 Å². The van der Waals surface area contributed by atoms with E-state index >= 15 is 0 Å². The monoisotopic (exact) mass is 440 g/mol. The fraction of sp³-hybridized carbons (Fsp3) is 0.429. The van der Waals surface area contributed by atoms with E-state index in [9.17, 15) is 18.0 Å². The Balaban J connectivity index is 1.61. The molecule has 0 N–H and O–H groups in total. The Labute approximate surface area is 179 Å². The summed E-state index contributed by atoms with van der Waals surface area (Å²) in [4.78, 5) is 22.5. The van der Waals surface area contributed by atoms with Gasteiger partial charge in [-0.15, -0.1) is 0 Å². The van der Waals surface area contributed by atoms with Crippen molar-refractivity contribution in [2.45, 2.75) is 26.1 Å². The number of para-hydroxylation sites is 1. The van der Waals surface area contributed by atoms with Crippen LogP contribution in [0.25, 0.3) is 0 Å². The molecule has 1 aromatic carbocycles. The predicted molar refractivity (Wildman–Crippen MR) is 112 cm³/mol. The molecule has 0 bridgehead atoms. The van der Waals surface area contributed by atoms with Gasteiger partial charge in [0.25, 0.3) is 0 Å². The van der Waals surface area contributed by atoms with Crippen LogP contribution in [0.1, 0.15) is 19.4 Å². The molecule has 5 nitrogen and oxygen atoms in total. The molecule has 162 valence electrons. The van der Waals surface area contributed by atoms with Gasteiger partial charge in [0.15, 0.2) is 0 Å². The van der Waals surface area contributed by atoms with E-state index in [1.807, 2.05) is 54.0 Å². The molecule has 0 spiro atoms. The quantitative estimate of drug-likeness (QED) is 0.694. The van der Waals surface area contributed by atoms with Gasteiger partial charge >= 0.3 is 6.18 Å². The van der Waals surface area contributed by atoms with E-state index in [-0.39, 0.29) is 23.5 Å². The van der Waals surface area contributed by atoms with Gasteiger partial charge in [-0.25, -0.2) is 4.98 Å². The summed E-state index contributed by atoms with van der Waals surface area (Å²) in [5, 5.41) is -0.0237. The molecule has 1 fully saturated rings. The van der Waals surface area contributed by atoms with Gasteiger partial charge in [-0.2, -0.15) is 13.2 Å². The lowest BCUT2D eigenvalue weighted by molar-refractivity contribution is -0.137. The molecule has 1 amide bonds. The molecule has 1 saturated heterocycles. The maximum atomic E-state index is 12.9. The summed E-state index contributed by atoms with van der Waals surface area (Å²) in [6.07, 6.45) is -3.67. The summed E-state index contributed by atoms with van der Waals surface area (Å²) in [6.45, 7) is 6.45. The van der Waals surface area contributed by atoms with Crippen LogP contribution < -0.4 is 9.80 Å². The number of rotatable bonds is 5. The minimum atomic E-state index is -4.48. The molecule has 9 heteroatoms. The van der Waals surface area contributed by atoms with Crippen molar-refractivity contribution >= 4 is 29.0 Å². The fourth-order valence-corrected chi connectivity index (χ4v) is 3.81. The molecule has 0 atom stereocenters. The zero-order chi connectivity index (χ0) is 21.9. The number of piperazine rings is 1. The molecule has 2 aromatic rings. The second-order valence-electron chi connectivity index (χ2n) is 7.48. The molecule has 0 radical (unpaired) electrons. The summed E-state index contributed by atoms with van der Waals surface area (Å²) in [5.41, 5.74) is -0.00737. The maximum absolute atomic E-state index is 12.9. The Morgan fingerprint density at radius 1 is 1.17 bits per heavy atom. The minimum absolute atomic E-state index is 0.00957. The molecule has 1 aliphatic heterocycles. The maximum Gasteiger partial charge on any atom is 0.417 e. The van der Waals surface area contributed by atoms with Crippen molar-refractivity contribution in [1.29, 1.82) is 0 Å². The Hall–Kier alpha value is -2.32. The lowest BCUT2D eigenvalue weighted by Gasteiger charge is -2.37. The molecule has 2 heterocycles. The molecule has 1 aromatic heterocycles. The number of amides is 1. The Bertz CT molecular complexity index is 868. The molecule has 0 saturated carbocycles. The van der Waals surface area contributed by atoms with Gasteiger partial charge in [-0.1, -0.05) is 29.8 Å². The topological polar surface area (TPSA) is 39.7 Å². The minimum Gasteiger partial charge on any atom is -0.353 e. The summed E-state index contributed by atoms with van der Waals surface area (Å²) in [7, 11) is 0. The first-order valence-corrected chi connectivity index (χ1v) is 10.1.